The fourth-order valence-electron chi connectivity index (χ4n) is 1.99. The maximum absolute atomic E-state index is 12.8. The van der Waals surface area contributed by atoms with Crippen molar-refractivity contribution in [2.45, 2.75) is 31.5 Å². The van der Waals surface area contributed by atoms with Crippen LogP contribution in [0.25, 0.3) is 0 Å². The minimum absolute atomic E-state index is 0.130. The summed E-state index contributed by atoms with van der Waals surface area (Å²) in [5.74, 6) is -4.19. The third-order valence-corrected chi connectivity index (χ3v) is 3.47. The summed E-state index contributed by atoms with van der Waals surface area (Å²) in [4.78, 5) is 34.9. The van der Waals surface area contributed by atoms with Crippen molar-refractivity contribution in [2.75, 3.05) is 13.1 Å². The number of aliphatic carboxylic acids is 1. The average molecular weight is 311 g/mol. The maximum atomic E-state index is 12.8. The number of urea groups is 1. The number of nitrogens with one attached hydrogen (secondary N) is 1. The first-order valence-electron chi connectivity index (χ1n) is 6.15. The highest BCUT2D eigenvalue weighted by Crippen LogP contribution is 2.31. The van der Waals surface area contributed by atoms with Crippen LogP contribution in [0.15, 0.2) is 0 Å². The Morgan fingerprint density at radius 1 is 1.33 bits per heavy atom. The molecule has 0 aliphatic carbocycles. The molecule has 0 radical (unpaired) electrons. The number of carbonyl (C=O) groups is 3. The highest BCUT2D eigenvalue weighted by molar-refractivity contribution is 5.89. The predicted octanol–water partition coefficient (Wildman–Crippen LogP) is 0.299. The lowest BCUT2D eigenvalue weighted by Crippen LogP contribution is -2.63. The number of nitrogens with two attached hydrogens (primary N) is 1. The molecule has 120 valence electrons. The number of primary amides is 1. The lowest BCUT2D eigenvalue weighted by molar-refractivity contribution is -0.207. The molecule has 0 saturated carbocycles. The Hall–Kier alpha value is -2.00. The number of likely N-dealkylation sites (tertiary alicyclic amines) is 1. The van der Waals surface area contributed by atoms with E-state index in [1.54, 1.807) is 0 Å². The number of carboxylic acids is 1. The molecular weight excluding hydrogens is 295 g/mol. The van der Waals surface area contributed by atoms with Crippen molar-refractivity contribution in [2.24, 2.45) is 11.7 Å². The summed E-state index contributed by atoms with van der Waals surface area (Å²) in [6.45, 7) is 0.561. The van der Waals surface area contributed by atoms with Gasteiger partial charge in [0, 0.05) is 13.1 Å². The molecule has 4 N–H and O–H groups in total. The van der Waals surface area contributed by atoms with Gasteiger partial charge in [-0.15, -0.1) is 0 Å². The van der Waals surface area contributed by atoms with Gasteiger partial charge in [-0.2, -0.15) is 13.2 Å². The molecule has 1 rings (SSSR count). The first kappa shape index (κ1) is 17.1. The van der Waals surface area contributed by atoms with Crippen molar-refractivity contribution in [1.82, 2.24) is 10.2 Å². The second-order valence-corrected chi connectivity index (χ2v) is 5.04. The lowest BCUT2D eigenvalue weighted by Gasteiger charge is -2.34. The fourth-order valence-corrected chi connectivity index (χ4v) is 1.99. The molecule has 10 heteroatoms. The Morgan fingerprint density at radius 2 is 1.90 bits per heavy atom. The van der Waals surface area contributed by atoms with Crippen LogP contribution < -0.4 is 11.1 Å². The summed E-state index contributed by atoms with van der Waals surface area (Å²) in [5, 5.41) is 10.3. The van der Waals surface area contributed by atoms with Crippen LogP contribution in [0.4, 0.5) is 18.0 Å². The summed E-state index contributed by atoms with van der Waals surface area (Å²) in [6, 6.07) is -0.774. The molecule has 7 nitrogen and oxygen atoms in total. The third kappa shape index (κ3) is 3.56. The van der Waals surface area contributed by atoms with Crippen LogP contribution in [0.3, 0.4) is 0 Å². The summed E-state index contributed by atoms with van der Waals surface area (Å²) in [7, 11) is 0. The van der Waals surface area contributed by atoms with Gasteiger partial charge in [0.05, 0.1) is 5.92 Å². The summed E-state index contributed by atoms with van der Waals surface area (Å²) in [6.07, 6.45) is -4.49. The molecule has 1 aliphatic rings. The highest BCUT2D eigenvalue weighted by atomic mass is 19.4. The lowest BCUT2D eigenvalue weighted by atomic mass is 9.94. The van der Waals surface area contributed by atoms with E-state index in [9.17, 15) is 27.6 Å². The maximum Gasteiger partial charge on any atom is 0.422 e. The number of alkyl halides is 3. The van der Waals surface area contributed by atoms with Crippen LogP contribution in [0.5, 0.6) is 0 Å². The van der Waals surface area contributed by atoms with Crippen LogP contribution in [-0.2, 0) is 9.59 Å². The van der Waals surface area contributed by atoms with Crippen molar-refractivity contribution in [3.05, 3.63) is 0 Å². The average Bonchev–Trinajstić information content (AvgIpc) is 2.37. The number of carboxylic acid groups (broad SMARTS) is 1. The number of amides is 3. The van der Waals surface area contributed by atoms with Crippen LogP contribution in [0, 0.1) is 5.92 Å². The van der Waals surface area contributed by atoms with Gasteiger partial charge < -0.3 is 21.1 Å². The summed E-state index contributed by atoms with van der Waals surface area (Å²) in [5.41, 5.74) is 1.68. The number of hydrogen-bond acceptors (Lipinski definition) is 3. The van der Waals surface area contributed by atoms with Crippen LogP contribution in [0.2, 0.25) is 0 Å². The molecular formula is C11H16F3N3O4. The van der Waals surface area contributed by atoms with Crippen molar-refractivity contribution in [3.8, 4) is 0 Å². The zero-order chi connectivity index (χ0) is 16.4. The van der Waals surface area contributed by atoms with E-state index in [1.165, 1.54) is 5.32 Å². The molecule has 1 heterocycles. The number of piperidine rings is 1. The van der Waals surface area contributed by atoms with E-state index in [1.807, 2.05) is 0 Å². The second-order valence-electron chi connectivity index (χ2n) is 5.04. The van der Waals surface area contributed by atoms with Gasteiger partial charge in [-0.25, -0.2) is 9.59 Å². The third-order valence-electron chi connectivity index (χ3n) is 3.47. The summed E-state index contributed by atoms with van der Waals surface area (Å²) < 4.78 is 38.4. The molecule has 2 atom stereocenters. The Balaban J connectivity index is 2.84. The monoisotopic (exact) mass is 311 g/mol. The minimum atomic E-state index is -5.15. The van der Waals surface area contributed by atoms with E-state index in [0.29, 0.717) is 19.9 Å². The molecule has 3 amide bonds. The zero-order valence-electron chi connectivity index (χ0n) is 11.2. The van der Waals surface area contributed by atoms with Crippen LogP contribution in [-0.4, -0.2) is 52.7 Å². The normalized spacial score (nSPS) is 22.3. The molecule has 0 bridgehead atoms. The van der Waals surface area contributed by atoms with Gasteiger partial charge >= 0.3 is 18.2 Å². The fraction of sp³-hybridized carbons (Fsp3) is 0.727. The molecule has 1 saturated heterocycles. The Kier molecular flexibility index (Phi) is 4.69. The van der Waals surface area contributed by atoms with Gasteiger partial charge in [0.25, 0.3) is 0 Å². The number of halogens is 3. The Morgan fingerprint density at radius 3 is 2.33 bits per heavy atom. The smallest absolute Gasteiger partial charge is 0.422 e. The Bertz CT molecular complexity index is 454. The molecule has 21 heavy (non-hydrogen) atoms. The number of nitrogens with zero attached hydrogens (tertiary/aromatic N) is 1. The first-order valence-corrected chi connectivity index (χ1v) is 6.15. The van der Waals surface area contributed by atoms with E-state index >= 15 is 0 Å². The first-order chi connectivity index (χ1) is 9.49. The Labute approximate surface area is 118 Å². The van der Waals surface area contributed by atoms with Crippen LogP contribution in [0.1, 0.15) is 19.8 Å². The molecule has 0 aromatic heterocycles. The van der Waals surface area contributed by atoms with Gasteiger partial charge in [-0.3, -0.25) is 4.79 Å². The quantitative estimate of drug-likeness (QED) is 0.695. The topological polar surface area (TPSA) is 113 Å². The van der Waals surface area contributed by atoms with Gasteiger partial charge in [-0.05, 0) is 19.8 Å². The number of rotatable bonds is 3. The number of hydrogen-bond donors (Lipinski definition) is 3. The minimum Gasteiger partial charge on any atom is -0.479 e. The highest BCUT2D eigenvalue weighted by Gasteiger charge is 2.58. The van der Waals surface area contributed by atoms with Crippen molar-refractivity contribution < 1.29 is 32.7 Å². The van der Waals surface area contributed by atoms with E-state index in [4.69, 9.17) is 10.8 Å². The molecule has 0 aromatic rings. The molecule has 2 unspecified atom stereocenters. The molecule has 0 spiro atoms. The van der Waals surface area contributed by atoms with E-state index in [0.717, 1.165) is 4.90 Å². The SMILES string of the molecule is CC(NC(=O)C1CCCN(C(N)=O)C1)(C(=O)O)C(F)(F)F. The van der Waals surface area contributed by atoms with Gasteiger partial charge in [0.2, 0.25) is 11.4 Å². The van der Waals surface area contributed by atoms with E-state index in [-0.39, 0.29) is 13.0 Å². The second kappa shape index (κ2) is 5.78. The standard InChI is InChI=1S/C11H16F3N3O4/c1-10(8(19)20,11(12,13)14)16-7(18)6-3-2-4-17(5-6)9(15)21/h6H,2-5H2,1H3,(H2,15,21)(H,16,18)(H,19,20). The van der Waals surface area contributed by atoms with Crippen molar-refractivity contribution in [3.63, 3.8) is 0 Å². The van der Waals surface area contributed by atoms with Gasteiger partial charge in [-0.1, -0.05) is 0 Å². The molecule has 1 fully saturated rings. The molecule has 0 aromatic carbocycles. The van der Waals surface area contributed by atoms with Gasteiger partial charge in [0.1, 0.15) is 0 Å². The largest absolute Gasteiger partial charge is 0.479 e. The number of carbonyl (C=O) groups excluding carboxylic acids is 2. The molecule has 1 aliphatic heterocycles. The van der Waals surface area contributed by atoms with Crippen LogP contribution >= 0.6 is 0 Å². The predicted molar refractivity (Wildman–Crippen MR) is 64.1 cm³/mol. The summed E-state index contributed by atoms with van der Waals surface area (Å²) >= 11 is 0. The van der Waals surface area contributed by atoms with E-state index in [2.05, 4.69) is 0 Å². The van der Waals surface area contributed by atoms with E-state index < -0.39 is 35.5 Å². The van der Waals surface area contributed by atoms with Crippen molar-refractivity contribution in [1.29, 1.82) is 0 Å². The zero-order valence-corrected chi connectivity index (χ0v) is 11.2. The van der Waals surface area contributed by atoms with Gasteiger partial charge in [0.15, 0.2) is 0 Å². The van der Waals surface area contributed by atoms with Crippen molar-refractivity contribution >= 4 is 17.9 Å².